The van der Waals surface area contributed by atoms with Crippen molar-refractivity contribution in [2.75, 3.05) is 13.2 Å². The van der Waals surface area contributed by atoms with E-state index in [0.29, 0.717) is 25.1 Å². The lowest BCUT2D eigenvalue weighted by atomic mass is 9.88. The predicted molar refractivity (Wildman–Crippen MR) is 109 cm³/mol. The van der Waals surface area contributed by atoms with Crippen LogP contribution >= 0.6 is 0 Å². The highest BCUT2D eigenvalue weighted by molar-refractivity contribution is 5.73. The summed E-state index contributed by atoms with van der Waals surface area (Å²) in [6.45, 7) is 3.22. The number of alkyl halides is 6. The van der Waals surface area contributed by atoms with Gasteiger partial charge in [0.2, 0.25) is 5.91 Å². The van der Waals surface area contributed by atoms with Crippen molar-refractivity contribution >= 4 is 5.91 Å². The second kappa shape index (κ2) is 9.34. The van der Waals surface area contributed by atoms with Crippen LogP contribution in [0.5, 0.6) is 0 Å². The van der Waals surface area contributed by atoms with Crippen LogP contribution in [0.15, 0.2) is 48.5 Å². The molecule has 4 nitrogen and oxygen atoms in total. The van der Waals surface area contributed by atoms with Crippen LogP contribution in [0, 0.1) is 0 Å². The minimum atomic E-state index is -4.93. The number of halogens is 6. The minimum absolute atomic E-state index is 0.0220. The van der Waals surface area contributed by atoms with Crippen molar-refractivity contribution in [2.24, 2.45) is 0 Å². The van der Waals surface area contributed by atoms with Gasteiger partial charge in [-0.25, -0.2) is 0 Å². The van der Waals surface area contributed by atoms with Crippen molar-refractivity contribution in [3.05, 3.63) is 70.8 Å². The number of hydrogen-bond donors (Lipinski definition) is 2. The molecule has 0 saturated carbocycles. The summed E-state index contributed by atoms with van der Waals surface area (Å²) >= 11 is 0. The molecular formula is C23H24F6N2O2. The third kappa shape index (κ3) is 6.05. The normalized spacial score (nSPS) is 22.2. The molecule has 0 bridgehead atoms. The summed E-state index contributed by atoms with van der Waals surface area (Å²) < 4.78 is 85.1. The average molecular weight is 474 g/mol. The number of hydrogen-bond acceptors (Lipinski definition) is 3. The molecule has 0 radical (unpaired) electrons. The van der Waals surface area contributed by atoms with Crippen LogP contribution in [-0.2, 0) is 27.4 Å². The number of ether oxygens (including phenoxy) is 1. The first-order chi connectivity index (χ1) is 15.3. The maximum Gasteiger partial charge on any atom is 0.416 e. The molecule has 180 valence electrons. The van der Waals surface area contributed by atoms with Gasteiger partial charge in [0.25, 0.3) is 0 Å². The first kappa shape index (κ1) is 25.0. The van der Waals surface area contributed by atoms with E-state index in [4.69, 9.17) is 4.74 Å². The van der Waals surface area contributed by atoms with E-state index in [0.717, 1.165) is 5.56 Å². The molecule has 2 N–H and O–H groups in total. The highest BCUT2D eigenvalue weighted by Crippen LogP contribution is 2.39. The van der Waals surface area contributed by atoms with E-state index in [1.54, 1.807) is 0 Å². The number of carbonyl (C=O) groups is 1. The van der Waals surface area contributed by atoms with Crippen molar-refractivity contribution in [3.63, 3.8) is 0 Å². The smallest absolute Gasteiger partial charge is 0.372 e. The molecule has 1 heterocycles. The Morgan fingerprint density at radius 1 is 1.09 bits per heavy atom. The van der Waals surface area contributed by atoms with Gasteiger partial charge in [-0.05, 0) is 42.7 Å². The quantitative estimate of drug-likeness (QED) is 0.567. The molecule has 0 aromatic heterocycles. The van der Waals surface area contributed by atoms with Crippen LogP contribution in [0.1, 0.15) is 48.6 Å². The molecule has 1 amide bonds. The molecule has 2 aromatic carbocycles. The topological polar surface area (TPSA) is 50.4 Å². The molecule has 3 rings (SSSR count). The Labute approximate surface area is 187 Å². The third-order valence-corrected chi connectivity index (χ3v) is 5.67. The number of rotatable bonds is 6. The second-order valence-electron chi connectivity index (χ2n) is 8.22. The molecule has 1 saturated heterocycles. The first-order valence-electron chi connectivity index (χ1n) is 10.3. The molecule has 33 heavy (non-hydrogen) atoms. The number of amides is 1. The van der Waals surface area contributed by atoms with Crippen molar-refractivity contribution < 1.29 is 35.9 Å². The maximum atomic E-state index is 13.2. The molecule has 1 aliphatic rings. The fourth-order valence-corrected chi connectivity index (χ4v) is 4.02. The van der Waals surface area contributed by atoms with Crippen LogP contribution in [0.3, 0.4) is 0 Å². The van der Waals surface area contributed by atoms with Crippen molar-refractivity contribution in [1.82, 2.24) is 10.6 Å². The Morgan fingerprint density at radius 3 is 2.18 bits per heavy atom. The largest absolute Gasteiger partial charge is 0.416 e. The fourth-order valence-electron chi connectivity index (χ4n) is 4.02. The summed E-state index contributed by atoms with van der Waals surface area (Å²) in [4.78, 5) is 11.5. The lowest BCUT2D eigenvalue weighted by molar-refractivity contribution is -0.143. The zero-order valence-corrected chi connectivity index (χ0v) is 18.0. The summed E-state index contributed by atoms with van der Waals surface area (Å²) in [6.07, 6.45) is -10.5. The summed E-state index contributed by atoms with van der Waals surface area (Å²) in [5.41, 5.74) is -2.92. The van der Waals surface area contributed by atoms with Gasteiger partial charge in [0.1, 0.15) is 0 Å². The molecular weight excluding hydrogens is 450 g/mol. The molecule has 3 atom stereocenters. The predicted octanol–water partition coefficient (Wildman–Crippen LogP) is 5.20. The maximum absolute atomic E-state index is 13.2. The van der Waals surface area contributed by atoms with Gasteiger partial charge >= 0.3 is 12.4 Å². The Balaban J connectivity index is 1.87. The molecule has 2 aromatic rings. The Hall–Kier alpha value is -2.59. The van der Waals surface area contributed by atoms with Crippen LogP contribution < -0.4 is 10.6 Å². The molecule has 0 unspecified atom stereocenters. The van der Waals surface area contributed by atoms with E-state index >= 15 is 0 Å². The van der Waals surface area contributed by atoms with Crippen LogP contribution in [0.4, 0.5) is 26.3 Å². The van der Waals surface area contributed by atoms with E-state index < -0.39 is 35.1 Å². The lowest BCUT2D eigenvalue weighted by Crippen LogP contribution is -2.41. The molecule has 10 heteroatoms. The molecule has 1 aliphatic heterocycles. The Morgan fingerprint density at radius 2 is 1.67 bits per heavy atom. The zero-order chi connectivity index (χ0) is 24.4. The highest BCUT2D eigenvalue weighted by Gasteiger charge is 2.42. The lowest BCUT2D eigenvalue weighted by Gasteiger charge is -2.32. The van der Waals surface area contributed by atoms with Gasteiger partial charge < -0.3 is 15.4 Å². The van der Waals surface area contributed by atoms with E-state index in [2.05, 4.69) is 10.6 Å². The van der Waals surface area contributed by atoms with E-state index in [1.165, 1.54) is 13.8 Å². The summed E-state index contributed by atoms with van der Waals surface area (Å²) in [6, 6.07) is 10.4. The van der Waals surface area contributed by atoms with E-state index in [-0.39, 0.29) is 30.2 Å². The van der Waals surface area contributed by atoms with Gasteiger partial charge in [-0.1, -0.05) is 30.3 Å². The Kier molecular flexibility index (Phi) is 7.09. The minimum Gasteiger partial charge on any atom is -0.372 e. The summed E-state index contributed by atoms with van der Waals surface area (Å²) in [7, 11) is 0. The van der Waals surface area contributed by atoms with Crippen molar-refractivity contribution in [3.8, 4) is 0 Å². The first-order valence-corrected chi connectivity index (χ1v) is 10.3. The van der Waals surface area contributed by atoms with Crippen LogP contribution in [0.2, 0.25) is 0 Å². The second-order valence-corrected chi connectivity index (χ2v) is 8.22. The van der Waals surface area contributed by atoms with Gasteiger partial charge in [-0.15, -0.1) is 0 Å². The summed E-state index contributed by atoms with van der Waals surface area (Å²) in [5.74, 6) is -0.205. The van der Waals surface area contributed by atoms with Crippen molar-refractivity contribution in [1.29, 1.82) is 0 Å². The average Bonchev–Trinajstić information content (AvgIpc) is 3.14. The van der Waals surface area contributed by atoms with Gasteiger partial charge in [0.15, 0.2) is 0 Å². The number of benzene rings is 2. The number of carbonyl (C=O) groups excluding carboxylic acids is 1. The van der Waals surface area contributed by atoms with Gasteiger partial charge in [-0.3, -0.25) is 4.79 Å². The monoisotopic (exact) mass is 474 g/mol. The molecule has 0 aliphatic carbocycles. The van der Waals surface area contributed by atoms with Gasteiger partial charge in [0, 0.05) is 19.5 Å². The zero-order valence-electron chi connectivity index (χ0n) is 18.0. The van der Waals surface area contributed by atoms with Crippen molar-refractivity contribution in [2.45, 2.75) is 50.3 Å². The standard InChI is InChI=1S/C23H24F6N2O2/c1-14(16-8-18(22(24,25)26)10-19(9-16)23(27,28)29)33-13-21(17-6-4-3-5-7-17)11-20(12-30-21)31-15(2)32/h3-10,14,20,30H,11-13H2,1-2H3,(H,31,32)/t14-,20-,21-/m1/s1. The SMILES string of the molecule is CC(=O)N[C@H]1CN[C@](CO[C@H](C)c2cc(C(F)(F)F)cc(C(F)(F)F)c2)(c2ccccc2)C1. The Bertz CT molecular complexity index is 945. The third-order valence-electron chi connectivity index (χ3n) is 5.67. The fraction of sp³-hybridized carbons (Fsp3) is 0.435. The van der Waals surface area contributed by atoms with Gasteiger partial charge in [0.05, 0.1) is 29.4 Å². The van der Waals surface area contributed by atoms with Crippen LogP contribution in [-0.4, -0.2) is 25.1 Å². The highest BCUT2D eigenvalue weighted by atomic mass is 19.4. The van der Waals surface area contributed by atoms with Crippen LogP contribution in [0.25, 0.3) is 0 Å². The number of nitrogens with one attached hydrogen (secondary N) is 2. The molecule has 1 fully saturated rings. The molecule has 0 spiro atoms. The van der Waals surface area contributed by atoms with E-state index in [1.807, 2.05) is 30.3 Å². The van der Waals surface area contributed by atoms with Gasteiger partial charge in [-0.2, -0.15) is 26.3 Å². The summed E-state index contributed by atoms with van der Waals surface area (Å²) in [5, 5.41) is 6.15. The van der Waals surface area contributed by atoms with E-state index in [9.17, 15) is 31.1 Å².